The molecule has 0 aliphatic carbocycles. The number of nitrogens with zero attached hydrogens (tertiary/aromatic N) is 1. The molecule has 5 heteroatoms. The van der Waals surface area contributed by atoms with Crippen LogP contribution in [0, 0.1) is 5.92 Å². The zero-order chi connectivity index (χ0) is 21.9. The molecule has 2 aromatic rings. The van der Waals surface area contributed by atoms with Crippen molar-refractivity contribution in [2.75, 3.05) is 13.1 Å². The Balaban J connectivity index is 1.50. The van der Waals surface area contributed by atoms with Crippen LogP contribution in [0.2, 0.25) is 10.0 Å². The van der Waals surface area contributed by atoms with Crippen LogP contribution in [0.25, 0.3) is 0 Å². The standard InChI is InChI=1S/C25H32Cl2N2O/c1-17(18-5-8-21(9-6-18)25(2,3)4)28-24(30)19-11-13-29(14-12-19)16-20-7-10-22(26)15-23(20)27/h5-10,15,17,19H,11-14,16H2,1-4H3,(H,28,30)/t17-/m1/s1. The number of hydrogen-bond acceptors (Lipinski definition) is 2. The highest BCUT2D eigenvalue weighted by Gasteiger charge is 2.26. The quantitative estimate of drug-likeness (QED) is 0.577. The van der Waals surface area contributed by atoms with Crippen LogP contribution in [0.4, 0.5) is 0 Å². The number of hydrogen-bond donors (Lipinski definition) is 1. The first-order valence-corrected chi connectivity index (χ1v) is 11.5. The van der Waals surface area contributed by atoms with Crippen LogP contribution >= 0.6 is 23.2 Å². The Bertz CT molecular complexity index is 866. The molecule has 3 rings (SSSR count). The number of carbonyl (C=O) groups excluding carboxylic acids is 1. The summed E-state index contributed by atoms with van der Waals surface area (Å²) in [6, 6.07) is 14.2. The number of amides is 1. The fraction of sp³-hybridized carbons (Fsp3) is 0.480. The summed E-state index contributed by atoms with van der Waals surface area (Å²) in [5.41, 5.74) is 3.66. The smallest absolute Gasteiger partial charge is 0.223 e. The first kappa shape index (κ1) is 23.1. The van der Waals surface area contributed by atoms with Crippen LogP contribution in [0.15, 0.2) is 42.5 Å². The Morgan fingerprint density at radius 2 is 1.73 bits per heavy atom. The lowest BCUT2D eigenvalue weighted by atomic mass is 9.86. The molecule has 162 valence electrons. The minimum Gasteiger partial charge on any atom is -0.349 e. The van der Waals surface area contributed by atoms with E-state index in [4.69, 9.17) is 23.2 Å². The van der Waals surface area contributed by atoms with E-state index in [1.165, 1.54) is 5.56 Å². The third-order valence-corrected chi connectivity index (χ3v) is 6.59. The van der Waals surface area contributed by atoms with Crippen molar-refractivity contribution in [3.63, 3.8) is 0 Å². The lowest BCUT2D eigenvalue weighted by Crippen LogP contribution is -2.40. The molecule has 0 spiro atoms. The van der Waals surface area contributed by atoms with E-state index in [1.54, 1.807) is 6.07 Å². The van der Waals surface area contributed by atoms with Crippen molar-refractivity contribution >= 4 is 29.1 Å². The van der Waals surface area contributed by atoms with E-state index in [0.29, 0.717) is 10.0 Å². The fourth-order valence-corrected chi connectivity index (χ4v) is 4.40. The lowest BCUT2D eigenvalue weighted by Gasteiger charge is -2.32. The Labute approximate surface area is 190 Å². The van der Waals surface area contributed by atoms with Crippen molar-refractivity contribution in [3.8, 4) is 0 Å². The third-order valence-electron chi connectivity index (χ3n) is 6.00. The predicted octanol–water partition coefficient (Wildman–Crippen LogP) is 6.38. The topological polar surface area (TPSA) is 32.3 Å². The molecule has 0 bridgehead atoms. The van der Waals surface area contributed by atoms with Gasteiger partial charge in [0.1, 0.15) is 0 Å². The van der Waals surface area contributed by atoms with Gasteiger partial charge in [-0.25, -0.2) is 0 Å². The van der Waals surface area contributed by atoms with Crippen LogP contribution in [-0.2, 0) is 16.8 Å². The van der Waals surface area contributed by atoms with Gasteiger partial charge in [-0.3, -0.25) is 9.69 Å². The average molecular weight is 447 g/mol. The minimum absolute atomic E-state index is 0.0115. The second-order valence-corrected chi connectivity index (χ2v) is 10.2. The third kappa shape index (κ3) is 6.00. The highest BCUT2D eigenvalue weighted by atomic mass is 35.5. The maximum atomic E-state index is 12.8. The van der Waals surface area contributed by atoms with E-state index in [2.05, 4.69) is 62.2 Å². The molecule has 1 aliphatic heterocycles. The number of likely N-dealkylation sites (tertiary alicyclic amines) is 1. The maximum Gasteiger partial charge on any atom is 0.223 e. The van der Waals surface area contributed by atoms with E-state index >= 15 is 0 Å². The molecule has 1 fully saturated rings. The summed E-state index contributed by atoms with van der Waals surface area (Å²) in [6.07, 6.45) is 1.74. The summed E-state index contributed by atoms with van der Waals surface area (Å²) in [4.78, 5) is 15.2. The summed E-state index contributed by atoms with van der Waals surface area (Å²) >= 11 is 12.3. The molecule has 0 radical (unpaired) electrons. The molecule has 0 aromatic heterocycles. The van der Waals surface area contributed by atoms with Gasteiger partial charge >= 0.3 is 0 Å². The van der Waals surface area contributed by atoms with Crippen molar-refractivity contribution < 1.29 is 4.79 Å². The molecule has 3 nitrogen and oxygen atoms in total. The van der Waals surface area contributed by atoms with Gasteiger partial charge in [-0.1, -0.05) is 74.3 Å². The Morgan fingerprint density at radius 1 is 1.10 bits per heavy atom. The first-order chi connectivity index (χ1) is 14.1. The number of piperidine rings is 1. The molecule has 1 amide bonds. The second kappa shape index (κ2) is 9.72. The van der Waals surface area contributed by atoms with Gasteiger partial charge in [-0.15, -0.1) is 0 Å². The van der Waals surface area contributed by atoms with Crippen LogP contribution in [0.1, 0.15) is 63.3 Å². The van der Waals surface area contributed by atoms with Crippen LogP contribution in [0.3, 0.4) is 0 Å². The van der Waals surface area contributed by atoms with Crippen molar-refractivity contribution in [2.24, 2.45) is 5.92 Å². The molecule has 2 aromatic carbocycles. The van der Waals surface area contributed by atoms with E-state index < -0.39 is 0 Å². The van der Waals surface area contributed by atoms with Gasteiger partial charge in [0.2, 0.25) is 5.91 Å². The van der Waals surface area contributed by atoms with Crippen molar-refractivity contribution in [1.29, 1.82) is 0 Å². The van der Waals surface area contributed by atoms with Gasteiger partial charge in [0.05, 0.1) is 6.04 Å². The Kier molecular flexibility index (Phi) is 7.49. The Hall–Kier alpha value is -1.55. The number of nitrogens with one attached hydrogen (secondary N) is 1. The largest absolute Gasteiger partial charge is 0.349 e. The predicted molar refractivity (Wildman–Crippen MR) is 126 cm³/mol. The van der Waals surface area contributed by atoms with Crippen molar-refractivity contribution in [3.05, 3.63) is 69.2 Å². The van der Waals surface area contributed by atoms with Crippen LogP contribution < -0.4 is 5.32 Å². The second-order valence-electron chi connectivity index (χ2n) is 9.39. The SMILES string of the molecule is C[C@@H](NC(=O)C1CCN(Cc2ccc(Cl)cc2Cl)CC1)c1ccc(C(C)(C)C)cc1. The molecule has 0 unspecified atom stereocenters. The number of carbonyl (C=O) groups is 1. The number of benzene rings is 2. The van der Waals surface area contributed by atoms with Gasteiger partial charge in [0, 0.05) is 22.5 Å². The molecule has 1 heterocycles. The van der Waals surface area contributed by atoms with Gasteiger partial charge in [-0.05, 0) is 67.1 Å². The van der Waals surface area contributed by atoms with Crippen LogP contribution in [0.5, 0.6) is 0 Å². The fourth-order valence-electron chi connectivity index (χ4n) is 3.93. The molecule has 1 atom stereocenters. The summed E-state index contributed by atoms with van der Waals surface area (Å²) in [6.45, 7) is 11.3. The van der Waals surface area contributed by atoms with E-state index in [1.807, 2.05) is 12.1 Å². The normalized spacial score (nSPS) is 17.0. The van der Waals surface area contributed by atoms with Crippen molar-refractivity contribution in [1.82, 2.24) is 10.2 Å². The van der Waals surface area contributed by atoms with Gasteiger partial charge in [0.25, 0.3) is 0 Å². The minimum atomic E-state index is 0.0115. The molecule has 1 aliphatic rings. The molecule has 0 saturated carbocycles. The number of halogens is 2. The zero-order valence-corrected chi connectivity index (χ0v) is 19.9. The summed E-state index contributed by atoms with van der Waals surface area (Å²) in [5, 5.41) is 4.57. The average Bonchev–Trinajstić information content (AvgIpc) is 2.70. The first-order valence-electron chi connectivity index (χ1n) is 10.7. The molecule has 30 heavy (non-hydrogen) atoms. The van der Waals surface area contributed by atoms with Gasteiger partial charge in [-0.2, -0.15) is 0 Å². The molecule has 1 N–H and O–H groups in total. The van der Waals surface area contributed by atoms with Gasteiger partial charge in [0.15, 0.2) is 0 Å². The summed E-state index contributed by atoms with van der Waals surface area (Å²) < 4.78 is 0. The molecular formula is C25H32Cl2N2O. The zero-order valence-electron chi connectivity index (χ0n) is 18.3. The maximum absolute atomic E-state index is 12.8. The highest BCUT2D eigenvalue weighted by Crippen LogP contribution is 2.26. The van der Waals surface area contributed by atoms with E-state index in [0.717, 1.165) is 43.6 Å². The lowest BCUT2D eigenvalue weighted by molar-refractivity contribution is -0.127. The molecular weight excluding hydrogens is 415 g/mol. The Morgan fingerprint density at radius 3 is 2.30 bits per heavy atom. The highest BCUT2D eigenvalue weighted by molar-refractivity contribution is 6.35. The van der Waals surface area contributed by atoms with Crippen molar-refractivity contribution in [2.45, 2.75) is 58.5 Å². The number of rotatable bonds is 5. The molecule has 1 saturated heterocycles. The van der Waals surface area contributed by atoms with E-state index in [-0.39, 0.29) is 23.3 Å². The summed E-state index contributed by atoms with van der Waals surface area (Å²) in [7, 11) is 0. The van der Waals surface area contributed by atoms with Crippen LogP contribution in [-0.4, -0.2) is 23.9 Å². The van der Waals surface area contributed by atoms with E-state index in [9.17, 15) is 4.79 Å². The summed E-state index contributed by atoms with van der Waals surface area (Å²) in [5.74, 6) is 0.227. The monoisotopic (exact) mass is 446 g/mol. The van der Waals surface area contributed by atoms with Gasteiger partial charge < -0.3 is 5.32 Å².